The minimum absolute atomic E-state index is 0.0392. The van der Waals surface area contributed by atoms with E-state index >= 15 is 0 Å². The molecule has 2 N–H and O–H groups in total. The van der Waals surface area contributed by atoms with Gasteiger partial charge in [0.05, 0.1) is 12.2 Å². The number of amides is 1. The Morgan fingerprint density at radius 3 is 2.90 bits per heavy atom. The number of ether oxygens (including phenoxy) is 1. The second-order valence-corrected chi connectivity index (χ2v) is 5.02. The number of fused-ring (bicyclic) bond motifs is 1. The first kappa shape index (κ1) is 12.8. The van der Waals surface area contributed by atoms with E-state index in [0.717, 1.165) is 11.3 Å². The van der Waals surface area contributed by atoms with Gasteiger partial charge >= 0.3 is 0 Å². The Hall–Kier alpha value is -2.20. The quantitative estimate of drug-likeness (QED) is 0.865. The van der Waals surface area contributed by atoms with Crippen LogP contribution in [-0.2, 0) is 11.3 Å². The van der Waals surface area contributed by atoms with E-state index in [2.05, 4.69) is 0 Å². The van der Waals surface area contributed by atoms with Gasteiger partial charge in [0.1, 0.15) is 5.75 Å². The van der Waals surface area contributed by atoms with Gasteiger partial charge in [-0.1, -0.05) is 23.7 Å². The maximum Gasteiger partial charge on any atom is 0.265 e. The van der Waals surface area contributed by atoms with Crippen molar-refractivity contribution in [2.45, 2.75) is 6.54 Å². The number of carbonyl (C=O) groups excluding carboxylic acids is 1. The molecule has 2 aromatic rings. The van der Waals surface area contributed by atoms with E-state index in [1.54, 1.807) is 23.1 Å². The molecule has 1 heterocycles. The summed E-state index contributed by atoms with van der Waals surface area (Å²) in [6, 6.07) is 12.7. The standard InChI is InChI=1S/C15H13ClN2O2/c16-11-5-6-12(17)10(7-11)8-18-13-3-1-2-4-14(13)20-9-15(18)19/h1-7H,8-9,17H2. The number of halogens is 1. The molecular weight excluding hydrogens is 276 g/mol. The van der Waals surface area contributed by atoms with Crippen LogP contribution in [0.3, 0.4) is 0 Å². The molecule has 102 valence electrons. The van der Waals surface area contributed by atoms with Crippen LogP contribution in [0.25, 0.3) is 0 Å². The average Bonchev–Trinajstić information content (AvgIpc) is 2.46. The fourth-order valence-corrected chi connectivity index (χ4v) is 2.40. The van der Waals surface area contributed by atoms with Gasteiger partial charge < -0.3 is 15.4 Å². The summed E-state index contributed by atoms with van der Waals surface area (Å²) in [6.07, 6.45) is 0. The number of benzene rings is 2. The molecule has 3 rings (SSSR count). The van der Waals surface area contributed by atoms with E-state index < -0.39 is 0 Å². The van der Waals surface area contributed by atoms with Crippen LogP contribution in [0.4, 0.5) is 11.4 Å². The Kier molecular flexibility index (Phi) is 3.24. The van der Waals surface area contributed by atoms with Crippen molar-refractivity contribution in [3.63, 3.8) is 0 Å². The topological polar surface area (TPSA) is 55.6 Å². The molecule has 0 saturated carbocycles. The highest BCUT2D eigenvalue weighted by Gasteiger charge is 2.25. The van der Waals surface area contributed by atoms with Crippen molar-refractivity contribution >= 4 is 28.9 Å². The Bertz CT molecular complexity index is 673. The summed E-state index contributed by atoms with van der Waals surface area (Å²) in [7, 11) is 0. The zero-order valence-electron chi connectivity index (χ0n) is 10.7. The first-order valence-electron chi connectivity index (χ1n) is 6.21. The molecule has 0 aliphatic carbocycles. The highest BCUT2D eigenvalue weighted by Crippen LogP contribution is 2.33. The minimum Gasteiger partial charge on any atom is -0.482 e. The molecular formula is C15H13ClN2O2. The minimum atomic E-state index is -0.0944. The first-order valence-corrected chi connectivity index (χ1v) is 6.59. The highest BCUT2D eigenvalue weighted by molar-refractivity contribution is 6.30. The van der Waals surface area contributed by atoms with Gasteiger partial charge in [0.2, 0.25) is 0 Å². The van der Waals surface area contributed by atoms with Crippen LogP contribution in [0.5, 0.6) is 5.75 Å². The van der Waals surface area contributed by atoms with Gasteiger partial charge in [0.25, 0.3) is 5.91 Å². The predicted molar refractivity (Wildman–Crippen MR) is 79.0 cm³/mol. The lowest BCUT2D eigenvalue weighted by Gasteiger charge is -2.29. The molecule has 0 spiro atoms. The van der Waals surface area contributed by atoms with Crippen molar-refractivity contribution in [3.05, 3.63) is 53.1 Å². The third-order valence-corrected chi connectivity index (χ3v) is 3.48. The summed E-state index contributed by atoms with van der Waals surface area (Å²) < 4.78 is 5.41. The molecule has 0 unspecified atom stereocenters. The van der Waals surface area contributed by atoms with E-state index in [0.29, 0.717) is 23.0 Å². The SMILES string of the molecule is Nc1ccc(Cl)cc1CN1C(=O)COc2ccccc21. The highest BCUT2D eigenvalue weighted by atomic mass is 35.5. The largest absolute Gasteiger partial charge is 0.482 e. The van der Waals surface area contributed by atoms with Crippen molar-refractivity contribution < 1.29 is 9.53 Å². The number of hydrogen-bond acceptors (Lipinski definition) is 3. The Balaban J connectivity index is 1.97. The first-order chi connectivity index (χ1) is 9.65. The van der Waals surface area contributed by atoms with Gasteiger partial charge in [-0.05, 0) is 35.9 Å². The van der Waals surface area contributed by atoms with Gasteiger partial charge in [-0.15, -0.1) is 0 Å². The Labute approximate surface area is 121 Å². The molecule has 5 heteroatoms. The third kappa shape index (κ3) is 2.30. The maximum atomic E-state index is 12.1. The summed E-state index contributed by atoms with van der Waals surface area (Å²) in [4.78, 5) is 13.8. The lowest BCUT2D eigenvalue weighted by molar-refractivity contribution is -0.121. The average molecular weight is 289 g/mol. The van der Waals surface area contributed by atoms with Gasteiger partial charge in [-0.2, -0.15) is 0 Å². The number of rotatable bonds is 2. The fraction of sp³-hybridized carbons (Fsp3) is 0.133. The molecule has 20 heavy (non-hydrogen) atoms. The Morgan fingerprint density at radius 2 is 2.05 bits per heavy atom. The second kappa shape index (κ2) is 5.06. The number of carbonyl (C=O) groups is 1. The van der Waals surface area contributed by atoms with Crippen LogP contribution in [0, 0.1) is 0 Å². The fourth-order valence-electron chi connectivity index (χ4n) is 2.21. The summed E-state index contributed by atoms with van der Waals surface area (Å²) >= 11 is 5.99. The number of nitrogens with zero attached hydrogens (tertiary/aromatic N) is 1. The molecule has 4 nitrogen and oxygen atoms in total. The van der Waals surface area contributed by atoms with Crippen LogP contribution < -0.4 is 15.4 Å². The molecule has 0 saturated heterocycles. The van der Waals surface area contributed by atoms with Crippen molar-refractivity contribution in [1.82, 2.24) is 0 Å². The molecule has 2 aromatic carbocycles. The van der Waals surface area contributed by atoms with Crippen LogP contribution in [0.2, 0.25) is 5.02 Å². The van der Waals surface area contributed by atoms with E-state index in [-0.39, 0.29) is 12.5 Å². The van der Waals surface area contributed by atoms with Gasteiger partial charge in [0.15, 0.2) is 6.61 Å². The van der Waals surface area contributed by atoms with Crippen LogP contribution in [0.1, 0.15) is 5.56 Å². The molecule has 0 bridgehead atoms. The van der Waals surface area contributed by atoms with Crippen molar-refractivity contribution in [2.24, 2.45) is 0 Å². The molecule has 0 fully saturated rings. The maximum absolute atomic E-state index is 12.1. The molecule has 0 atom stereocenters. The number of para-hydroxylation sites is 2. The lowest BCUT2D eigenvalue weighted by Crippen LogP contribution is -2.38. The lowest BCUT2D eigenvalue weighted by atomic mass is 10.1. The third-order valence-electron chi connectivity index (χ3n) is 3.24. The van der Waals surface area contributed by atoms with Gasteiger partial charge in [-0.25, -0.2) is 0 Å². The number of nitrogen functional groups attached to an aromatic ring is 1. The van der Waals surface area contributed by atoms with Crippen molar-refractivity contribution in [1.29, 1.82) is 0 Å². The monoisotopic (exact) mass is 288 g/mol. The summed E-state index contributed by atoms with van der Waals surface area (Å²) in [5, 5.41) is 0.600. The van der Waals surface area contributed by atoms with Crippen molar-refractivity contribution in [2.75, 3.05) is 17.2 Å². The van der Waals surface area contributed by atoms with Crippen LogP contribution in [-0.4, -0.2) is 12.5 Å². The predicted octanol–water partition coefficient (Wildman–Crippen LogP) is 2.85. The molecule has 0 radical (unpaired) electrons. The number of hydrogen-bond donors (Lipinski definition) is 1. The number of anilines is 2. The molecule has 1 aliphatic heterocycles. The van der Waals surface area contributed by atoms with E-state index in [4.69, 9.17) is 22.1 Å². The van der Waals surface area contributed by atoms with E-state index in [9.17, 15) is 4.79 Å². The number of nitrogens with two attached hydrogens (primary N) is 1. The second-order valence-electron chi connectivity index (χ2n) is 4.58. The van der Waals surface area contributed by atoms with Gasteiger partial charge in [-0.3, -0.25) is 4.79 Å². The molecule has 1 aliphatic rings. The van der Waals surface area contributed by atoms with Crippen LogP contribution >= 0.6 is 11.6 Å². The Morgan fingerprint density at radius 1 is 1.25 bits per heavy atom. The van der Waals surface area contributed by atoms with Crippen molar-refractivity contribution in [3.8, 4) is 5.75 Å². The van der Waals surface area contributed by atoms with Crippen LogP contribution in [0.15, 0.2) is 42.5 Å². The molecule has 0 aromatic heterocycles. The summed E-state index contributed by atoms with van der Waals surface area (Å²) in [6.45, 7) is 0.420. The zero-order valence-corrected chi connectivity index (χ0v) is 11.4. The zero-order chi connectivity index (χ0) is 14.1. The summed E-state index contributed by atoms with van der Waals surface area (Å²) in [5.74, 6) is 0.607. The summed E-state index contributed by atoms with van der Waals surface area (Å²) in [5.41, 5.74) is 8.14. The molecule has 1 amide bonds. The van der Waals surface area contributed by atoms with E-state index in [1.165, 1.54) is 0 Å². The normalized spacial score (nSPS) is 13.8. The van der Waals surface area contributed by atoms with E-state index in [1.807, 2.05) is 24.3 Å². The van der Waals surface area contributed by atoms with Gasteiger partial charge in [0, 0.05) is 10.7 Å². The smallest absolute Gasteiger partial charge is 0.265 e.